The zero-order valence-electron chi connectivity index (χ0n) is 14.4. The first-order chi connectivity index (χ1) is 12.7. The van der Waals surface area contributed by atoms with E-state index in [9.17, 15) is 4.79 Å². The SMILES string of the molecule is COc1ccc(NC(=O)Cc2ccn3c2CSC3c2ccccn2)cc1. The van der Waals surface area contributed by atoms with Gasteiger partial charge in [0.1, 0.15) is 11.1 Å². The summed E-state index contributed by atoms with van der Waals surface area (Å²) in [6.45, 7) is 0. The third kappa shape index (κ3) is 3.32. The van der Waals surface area contributed by atoms with Gasteiger partial charge in [-0.1, -0.05) is 6.07 Å². The van der Waals surface area contributed by atoms with E-state index in [0.717, 1.165) is 28.4 Å². The molecule has 1 aromatic carbocycles. The molecule has 0 radical (unpaired) electrons. The molecule has 6 heteroatoms. The molecule has 0 saturated carbocycles. The van der Waals surface area contributed by atoms with E-state index in [-0.39, 0.29) is 11.3 Å². The van der Waals surface area contributed by atoms with Crippen molar-refractivity contribution in [1.82, 2.24) is 9.55 Å². The van der Waals surface area contributed by atoms with Crippen LogP contribution in [0.3, 0.4) is 0 Å². The summed E-state index contributed by atoms with van der Waals surface area (Å²) in [4.78, 5) is 16.9. The maximum Gasteiger partial charge on any atom is 0.228 e. The maximum absolute atomic E-state index is 12.4. The van der Waals surface area contributed by atoms with Crippen LogP contribution in [0.2, 0.25) is 0 Å². The van der Waals surface area contributed by atoms with Crippen molar-refractivity contribution < 1.29 is 9.53 Å². The highest BCUT2D eigenvalue weighted by Gasteiger charge is 2.27. The van der Waals surface area contributed by atoms with E-state index in [1.807, 2.05) is 66.5 Å². The minimum atomic E-state index is -0.0181. The summed E-state index contributed by atoms with van der Waals surface area (Å²) in [6, 6.07) is 15.4. The van der Waals surface area contributed by atoms with Gasteiger partial charge in [0.05, 0.1) is 19.2 Å². The third-order valence-corrected chi connectivity index (χ3v) is 5.64. The first kappa shape index (κ1) is 16.7. The van der Waals surface area contributed by atoms with Crippen molar-refractivity contribution in [2.24, 2.45) is 0 Å². The zero-order valence-corrected chi connectivity index (χ0v) is 15.2. The van der Waals surface area contributed by atoms with Gasteiger partial charge >= 0.3 is 0 Å². The second-order valence-electron chi connectivity index (χ2n) is 6.07. The van der Waals surface area contributed by atoms with Crippen molar-refractivity contribution in [3.63, 3.8) is 0 Å². The predicted octanol–water partition coefficient (Wildman–Crippen LogP) is 3.87. The number of nitrogens with one attached hydrogen (secondary N) is 1. The highest BCUT2D eigenvalue weighted by atomic mass is 32.2. The zero-order chi connectivity index (χ0) is 17.9. The number of rotatable bonds is 5. The molecule has 132 valence electrons. The third-order valence-electron chi connectivity index (χ3n) is 4.41. The summed E-state index contributed by atoms with van der Waals surface area (Å²) >= 11 is 1.84. The monoisotopic (exact) mass is 365 g/mol. The Bertz CT molecular complexity index is 907. The van der Waals surface area contributed by atoms with Gasteiger partial charge in [0.15, 0.2) is 0 Å². The molecule has 3 aromatic rings. The molecular formula is C20H19N3O2S. The fourth-order valence-electron chi connectivity index (χ4n) is 3.11. The number of amides is 1. The summed E-state index contributed by atoms with van der Waals surface area (Å²) in [5, 5.41) is 3.13. The minimum Gasteiger partial charge on any atom is -0.497 e. The van der Waals surface area contributed by atoms with E-state index in [1.165, 1.54) is 5.69 Å². The second kappa shape index (κ2) is 7.25. The summed E-state index contributed by atoms with van der Waals surface area (Å²) < 4.78 is 7.36. The van der Waals surface area contributed by atoms with Crippen LogP contribution in [0.15, 0.2) is 60.9 Å². The molecule has 1 amide bonds. The Kier molecular flexibility index (Phi) is 4.67. The molecular weight excluding hydrogens is 346 g/mol. The lowest BCUT2D eigenvalue weighted by molar-refractivity contribution is -0.115. The average Bonchev–Trinajstić information content (AvgIpc) is 3.26. The van der Waals surface area contributed by atoms with Crippen molar-refractivity contribution in [2.45, 2.75) is 17.5 Å². The quantitative estimate of drug-likeness (QED) is 0.746. The van der Waals surface area contributed by atoms with Gasteiger partial charge in [-0.05, 0) is 48.0 Å². The van der Waals surface area contributed by atoms with Crippen LogP contribution in [-0.4, -0.2) is 22.6 Å². The van der Waals surface area contributed by atoms with Gasteiger partial charge in [0.2, 0.25) is 5.91 Å². The van der Waals surface area contributed by atoms with Crippen LogP contribution in [-0.2, 0) is 17.0 Å². The molecule has 0 saturated heterocycles. The van der Waals surface area contributed by atoms with E-state index in [0.29, 0.717) is 6.42 Å². The minimum absolute atomic E-state index is 0.0181. The molecule has 1 atom stereocenters. The lowest BCUT2D eigenvalue weighted by atomic mass is 10.1. The average molecular weight is 365 g/mol. The largest absolute Gasteiger partial charge is 0.497 e. The molecule has 0 aliphatic carbocycles. The number of carbonyl (C=O) groups excluding carboxylic acids is 1. The Balaban J connectivity index is 1.45. The Morgan fingerprint density at radius 2 is 2.12 bits per heavy atom. The molecule has 3 heterocycles. The second-order valence-corrected chi connectivity index (χ2v) is 7.13. The van der Waals surface area contributed by atoms with Gasteiger partial charge in [-0.3, -0.25) is 9.78 Å². The van der Waals surface area contributed by atoms with Gasteiger partial charge in [0, 0.05) is 29.5 Å². The topological polar surface area (TPSA) is 56.1 Å². The number of carbonyl (C=O) groups is 1. The lowest BCUT2D eigenvalue weighted by Crippen LogP contribution is -2.15. The summed E-state index contributed by atoms with van der Waals surface area (Å²) in [7, 11) is 1.62. The van der Waals surface area contributed by atoms with Crippen molar-refractivity contribution in [3.05, 3.63) is 77.9 Å². The molecule has 1 aliphatic heterocycles. The Labute approximate surface area is 156 Å². The van der Waals surface area contributed by atoms with Gasteiger partial charge in [-0.2, -0.15) is 0 Å². The summed E-state index contributed by atoms with van der Waals surface area (Å²) in [5.41, 5.74) is 4.09. The number of thioether (sulfide) groups is 1. The number of hydrogen-bond acceptors (Lipinski definition) is 4. The highest BCUT2D eigenvalue weighted by molar-refractivity contribution is 7.99. The van der Waals surface area contributed by atoms with E-state index in [2.05, 4.69) is 21.1 Å². The molecule has 1 unspecified atom stereocenters. The molecule has 0 fully saturated rings. The fraction of sp³-hybridized carbons (Fsp3) is 0.200. The number of hydrogen-bond donors (Lipinski definition) is 1. The van der Waals surface area contributed by atoms with E-state index >= 15 is 0 Å². The van der Waals surface area contributed by atoms with Crippen LogP contribution in [0, 0.1) is 0 Å². The Morgan fingerprint density at radius 3 is 2.85 bits per heavy atom. The molecule has 0 bridgehead atoms. The Hall–Kier alpha value is -2.73. The van der Waals surface area contributed by atoms with Gasteiger partial charge in [-0.25, -0.2) is 0 Å². The lowest BCUT2D eigenvalue weighted by Gasteiger charge is -2.11. The van der Waals surface area contributed by atoms with Crippen molar-refractivity contribution in [1.29, 1.82) is 0 Å². The van der Waals surface area contributed by atoms with Gasteiger partial charge in [-0.15, -0.1) is 11.8 Å². The maximum atomic E-state index is 12.4. The molecule has 26 heavy (non-hydrogen) atoms. The number of fused-ring (bicyclic) bond motifs is 1. The van der Waals surface area contributed by atoms with Gasteiger partial charge in [0.25, 0.3) is 0 Å². The Morgan fingerprint density at radius 1 is 1.27 bits per heavy atom. The van der Waals surface area contributed by atoms with Crippen molar-refractivity contribution in [3.8, 4) is 5.75 Å². The molecule has 5 nitrogen and oxygen atoms in total. The van der Waals surface area contributed by atoms with Crippen molar-refractivity contribution >= 4 is 23.4 Å². The first-order valence-electron chi connectivity index (χ1n) is 8.39. The number of methoxy groups -OCH3 is 1. The molecule has 0 spiro atoms. The predicted molar refractivity (Wildman–Crippen MR) is 103 cm³/mol. The summed E-state index contributed by atoms with van der Waals surface area (Å²) in [5.74, 6) is 1.64. The number of pyridine rings is 1. The van der Waals surface area contributed by atoms with E-state index < -0.39 is 0 Å². The number of aromatic nitrogens is 2. The summed E-state index contributed by atoms with van der Waals surface area (Å²) in [6.07, 6.45) is 4.25. The molecule has 1 aliphatic rings. The van der Waals surface area contributed by atoms with Crippen LogP contribution < -0.4 is 10.1 Å². The van der Waals surface area contributed by atoms with Crippen LogP contribution in [0.1, 0.15) is 22.3 Å². The smallest absolute Gasteiger partial charge is 0.228 e. The van der Waals surface area contributed by atoms with Crippen LogP contribution in [0.5, 0.6) is 5.75 Å². The molecule has 2 aromatic heterocycles. The highest BCUT2D eigenvalue weighted by Crippen LogP contribution is 2.41. The number of nitrogens with zero attached hydrogens (tertiary/aromatic N) is 2. The van der Waals surface area contributed by atoms with Crippen molar-refractivity contribution in [2.75, 3.05) is 12.4 Å². The van der Waals surface area contributed by atoms with Crippen LogP contribution in [0.4, 0.5) is 5.69 Å². The number of anilines is 1. The molecule has 1 N–H and O–H groups in total. The first-order valence-corrected chi connectivity index (χ1v) is 9.44. The van der Waals surface area contributed by atoms with E-state index in [1.54, 1.807) is 7.11 Å². The van der Waals surface area contributed by atoms with Crippen LogP contribution >= 0.6 is 11.8 Å². The number of ether oxygens (including phenoxy) is 1. The normalized spacial score (nSPS) is 15.5. The van der Waals surface area contributed by atoms with E-state index in [4.69, 9.17) is 4.74 Å². The number of benzene rings is 1. The van der Waals surface area contributed by atoms with Gasteiger partial charge < -0.3 is 14.6 Å². The molecule has 4 rings (SSSR count). The fourth-order valence-corrected chi connectivity index (χ4v) is 4.43. The standard InChI is InChI=1S/C20H19N3O2S/c1-25-16-7-5-15(6-8-16)22-19(24)12-14-9-11-23-18(14)13-26-20(23)17-4-2-3-10-21-17/h2-11,20H,12-13H2,1H3,(H,22,24). The van der Waals surface area contributed by atoms with Crippen LogP contribution in [0.25, 0.3) is 0 Å².